The summed E-state index contributed by atoms with van der Waals surface area (Å²) in [5, 5.41) is 0. The van der Waals surface area contributed by atoms with E-state index in [0.717, 1.165) is 27.0 Å². The number of nitrogens with one attached hydrogen (secondary N) is 1. The smallest absolute Gasteiger partial charge is 0.174 e. The van der Waals surface area contributed by atoms with E-state index >= 15 is 0 Å². The Kier molecular flexibility index (Phi) is 2.07. The average Bonchev–Trinajstić information content (AvgIpc) is 2.86. The quantitative estimate of drug-likeness (QED) is 0.743. The van der Waals surface area contributed by atoms with Crippen LogP contribution in [0.1, 0.15) is 0 Å². The van der Waals surface area contributed by atoms with E-state index in [0.29, 0.717) is 0 Å². The molecule has 2 heterocycles. The Labute approximate surface area is 100 Å². The van der Waals surface area contributed by atoms with Crippen molar-refractivity contribution in [2.75, 3.05) is 0 Å². The molecule has 0 bridgehead atoms. The highest BCUT2D eigenvalue weighted by Crippen LogP contribution is 2.22. The number of rotatable bonds is 1. The van der Waals surface area contributed by atoms with Gasteiger partial charge in [0.1, 0.15) is 0 Å². The maximum atomic E-state index is 4.33. The SMILES string of the molecule is Cn1cnc2cc(-c3cnc(Br)[nH]3)ccc21. The highest BCUT2D eigenvalue weighted by Gasteiger charge is 2.04. The number of aryl methyl sites for hydroxylation is 1. The summed E-state index contributed by atoms with van der Waals surface area (Å²) in [5.74, 6) is 0. The number of aromatic nitrogens is 4. The molecule has 0 aliphatic rings. The number of nitrogens with zero attached hydrogens (tertiary/aromatic N) is 3. The van der Waals surface area contributed by atoms with Gasteiger partial charge in [-0.2, -0.15) is 0 Å². The molecule has 16 heavy (non-hydrogen) atoms. The van der Waals surface area contributed by atoms with Crippen molar-refractivity contribution in [1.29, 1.82) is 0 Å². The van der Waals surface area contributed by atoms with Gasteiger partial charge in [-0.05, 0) is 28.1 Å². The molecule has 1 N–H and O–H groups in total. The monoisotopic (exact) mass is 276 g/mol. The lowest BCUT2D eigenvalue weighted by Crippen LogP contribution is -1.83. The van der Waals surface area contributed by atoms with Crippen molar-refractivity contribution in [3.8, 4) is 11.3 Å². The van der Waals surface area contributed by atoms with Crippen molar-refractivity contribution < 1.29 is 0 Å². The van der Waals surface area contributed by atoms with Crippen LogP contribution in [-0.4, -0.2) is 19.5 Å². The van der Waals surface area contributed by atoms with Crippen molar-refractivity contribution >= 4 is 27.0 Å². The zero-order chi connectivity index (χ0) is 11.1. The largest absolute Gasteiger partial charge is 0.334 e. The second-order valence-corrected chi connectivity index (χ2v) is 4.40. The minimum Gasteiger partial charge on any atom is -0.334 e. The van der Waals surface area contributed by atoms with Gasteiger partial charge in [-0.25, -0.2) is 9.97 Å². The van der Waals surface area contributed by atoms with E-state index in [1.807, 2.05) is 17.9 Å². The Balaban J connectivity index is 2.18. The van der Waals surface area contributed by atoms with Crippen LogP contribution in [0.25, 0.3) is 22.3 Å². The molecule has 5 heteroatoms. The molecule has 2 aromatic heterocycles. The first-order valence-electron chi connectivity index (χ1n) is 4.86. The number of aromatic amines is 1. The molecule has 3 rings (SSSR count). The predicted octanol–water partition coefficient (Wildman–Crippen LogP) is 2.73. The van der Waals surface area contributed by atoms with E-state index in [1.165, 1.54) is 0 Å². The van der Waals surface area contributed by atoms with Crippen LogP contribution in [0.4, 0.5) is 0 Å². The summed E-state index contributed by atoms with van der Waals surface area (Å²) < 4.78 is 2.74. The van der Waals surface area contributed by atoms with E-state index in [1.54, 1.807) is 6.20 Å². The third kappa shape index (κ3) is 1.44. The summed E-state index contributed by atoms with van der Waals surface area (Å²) in [5.41, 5.74) is 4.19. The zero-order valence-corrected chi connectivity index (χ0v) is 10.2. The lowest BCUT2D eigenvalue weighted by molar-refractivity contribution is 0.948. The second-order valence-electron chi connectivity index (χ2n) is 3.65. The van der Waals surface area contributed by atoms with Crippen LogP contribution in [0.5, 0.6) is 0 Å². The van der Waals surface area contributed by atoms with Crippen LogP contribution >= 0.6 is 15.9 Å². The Morgan fingerprint density at radius 3 is 2.94 bits per heavy atom. The molecular weight excluding hydrogens is 268 g/mol. The number of halogens is 1. The van der Waals surface area contributed by atoms with Crippen LogP contribution < -0.4 is 0 Å². The Bertz CT molecular complexity index is 653. The van der Waals surface area contributed by atoms with E-state index in [9.17, 15) is 0 Å². The molecule has 0 aliphatic heterocycles. The Morgan fingerprint density at radius 1 is 1.31 bits per heavy atom. The van der Waals surface area contributed by atoms with Gasteiger partial charge in [-0.15, -0.1) is 0 Å². The standard InChI is InChI=1S/C11H9BrN4/c1-16-6-14-8-4-7(2-3-10(8)16)9-5-13-11(12)15-9/h2-6H,1H3,(H,13,15). The van der Waals surface area contributed by atoms with Crippen molar-refractivity contribution in [1.82, 2.24) is 19.5 Å². The van der Waals surface area contributed by atoms with E-state index < -0.39 is 0 Å². The van der Waals surface area contributed by atoms with Crippen LogP contribution in [0, 0.1) is 0 Å². The predicted molar refractivity (Wildman–Crippen MR) is 66.0 cm³/mol. The molecule has 80 valence electrons. The molecule has 0 unspecified atom stereocenters. The van der Waals surface area contributed by atoms with Gasteiger partial charge < -0.3 is 9.55 Å². The fraction of sp³-hybridized carbons (Fsp3) is 0.0909. The van der Waals surface area contributed by atoms with Gasteiger partial charge in [0.05, 0.1) is 29.3 Å². The topological polar surface area (TPSA) is 46.5 Å². The van der Waals surface area contributed by atoms with Crippen molar-refractivity contribution in [2.45, 2.75) is 0 Å². The minimum absolute atomic E-state index is 0.739. The highest BCUT2D eigenvalue weighted by molar-refractivity contribution is 9.10. The number of fused-ring (bicyclic) bond motifs is 1. The van der Waals surface area contributed by atoms with Gasteiger partial charge in [0.15, 0.2) is 4.73 Å². The normalized spacial score (nSPS) is 11.1. The van der Waals surface area contributed by atoms with E-state index in [4.69, 9.17) is 0 Å². The fourth-order valence-corrected chi connectivity index (χ4v) is 2.06. The molecule has 0 saturated carbocycles. The lowest BCUT2D eigenvalue weighted by atomic mass is 10.1. The number of hydrogen-bond donors (Lipinski definition) is 1. The summed E-state index contributed by atoms with van der Waals surface area (Å²) in [6.45, 7) is 0. The summed E-state index contributed by atoms with van der Waals surface area (Å²) >= 11 is 3.30. The maximum Gasteiger partial charge on any atom is 0.174 e. The zero-order valence-electron chi connectivity index (χ0n) is 8.61. The second kappa shape index (κ2) is 3.45. The summed E-state index contributed by atoms with van der Waals surface area (Å²) in [7, 11) is 1.99. The maximum absolute atomic E-state index is 4.33. The van der Waals surface area contributed by atoms with Crippen LogP contribution in [-0.2, 0) is 7.05 Å². The van der Waals surface area contributed by atoms with Gasteiger partial charge in [-0.1, -0.05) is 6.07 Å². The molecule has 1 aromatic carbocycles. The summed E-state index contributed by atoms with van der Waals surface area (Å²) in [6, 6.07) is 6.17. The highest BCUT2D eigenvalue weighted by atomic mass is 79.9. The van der Waals surface area contributed by atoms with Crippen molar-refractivity contribution in [3.05, 3.63) is 35.5 Å². The molecule has 3 aromatic rings. The molecule has 0 amide bonds. The average molecular weight is 277 g/mol. The molecule has 0 fully saturated rings. The van der Waals surface area contributed by atoms with Gasteiger partial charge in [0.25, 0.3) is 0 Å². The van der Waals surface area contributed by atoms with Gasteiger partial charge in [-0.3, -0.25) is 0 Å². The Hall–Kier alpha value is -1.62. The fourth-order valence-electron chi connectivity index (χ4n) is 1.75. The molecule has 0 atom stereocenters. The van der Waals surface area contributed by atoms with Crippen LogP contribution in [0.2, 0.25) is 0 Å². The van der Waals surface area contributed by atoms with Crippen molar-refractivity contribution in [2.24, 2.45) is 7.05 Å². The number of imidazole rings is 2. The van der Waals surface area contributed by atoms with Crippen LogP contribution in [0.15, 0.2) is 35.5 Å². The minimum atomic E-state index is 0.739. The molecule has 0 radical (unpaired) electrons. The third-order valence-electron chi connectivity index (χ3n) is 2.58. The lowest BCUT2D eigenvalue weighted by Gasteiger charge is -1.98. The molecule has 0 spiro atoms. The third-order valence-corrected chi connectivity index (χ3v) is 2.98. The first-order chi connectivity index (χ1) is 7.74. The first kappa shape index (κ1) is 9.59. The van der Waals surface area contributed by atoms with Gasteiger partial charge in [0.2, 0.25) is 0 Å². The van der Waals surface area contributed by atoms with E-state index in [-0.39, 0.29) is 0 Å². The number of benzene rings is 1. The van der Waals surface area contributed by atoms with E-state index in [2.05, 4.69) is 49.1 Å². The van der Waals surface area contributed by atoms with Gasteiger partial charge in [0, 0.05) is 12.6 Å². The number of H-pyrrole nitrogens is 1. The van der Waals surface area contributed by atoms with Crippen molar-refractivity contribution in [3.63, 3.8) is 0 Å². The molecule has 0 saturated heterocycles. The number of hydrogen-bond acceptors (Lipinski definition) is 2. The Morgan fingerprint density at radius 2 is 2.19 bits per heavy atom. The van der Waals surface area contributed by atoms with Gasteiger partial charge >= 0.3 is 0 Å². The summed E-state index contributed by atoms with van der Waals surface area (Å²) in [6.07, 6.45) is 3.62. The molecular formula is C11H9BrN4. The first-order valence-corrected chi connectivity index (χ1v) is 5.65. The molecule has 0 aliphatic carbocycles. The van der Waals surface area contributed by atoms with Crippen LogP contribution in [0.3, 0.4) is 0 Å². The molecule has 4 nitrogen and oxygen atoms in total. The summed E-state index contributed by atoms with van der Waals surface area (Å²) in [4.78, 5) is 11.6.